The molecular formula is C24H23ClFNO. The minimum atomic E-state index is -0.270. The molecule has 0 heterocycles. The summed E-state index contributed by atoms with van der Waals surface area (Å²) in [4.78, 5) is 12.1. The van der Waals surface area contributed by atoms with Crippen LogP contribution in [0.3, 0.4) is 0 Å². The number of hydrogen-bond donors (Lipinski definition) is 1. The highest BCUT2D eigenvalue weighted by Gasteiger charge is 2.09. The zero-order valence-electron chi connectivity index (χ0n) is 15.8. The first kappa shape index (κ1) is 20.1. The smallest absolute Gasteiger partial charge is 0.224 e. The van der Waals surface area contributed by atoms with Gasteiger partial charge in [0.25, 0.3) is 0 Å². The van der Waals surface area contributed by atoms with Crippen LogP contribution in [-0.2, 0) is 11.2 Å². The quantitative estimate of drug-likeness (QED) is 0.577. The molecule has 0 atom stereocenters. The van der Waals surface area contributed by atoms with Crippen molar-refractivity contribution in [2.75, 3.05) is 5.32 Å². The molecule has 1 aliphatic carbocycles. The molecule has 1 amide bonds. The first-order valence-electron chi connectivity index (χ1n) is 9.40. The number of rotatable bonds is 6. The van der Waals surface area contributed by atoms with E-state index >= 15 is 0 Å². The largest absolute Gasteiger partial charge is 0.326 e. The van der Waals surface area contributed by atoms with E-state index < -0.39 is 0 Å². The third kappa shape index (κ3) is 5.43. The van der Waals surface area contributed by atoms with Crippen molar-refractivity contribution in [2.45, 2.75) is 32.6 Å². The van der Waals surface area contributed by atoms with E-state index in [1.165, 1.54) is 12.2 Å². The Bertz CT molecular complexity index is 941. The summed E-state index contributed by atoms with van der Waals surface area (Å²) < 4.78 is 13.4. The molecule has 1 N–H and O–H groups in total. The van der Waals surface area contributed by atoms with Crippen molar-refractivity contribution in [3.8, 4) is 0 Å². The van der Waals surface area contributed by atoms with Crippen molar-refractivity contribution < 1.29 is 9.18 Å². The molecule has 0 aromatic heterocycles. The molecule has 0 spiro atoms. The first-order chi connectivity index (χ1) is 13.5. The van der Waals surface area contributed by atoms with Crippen LogP contribution in [0, 0.1) is 6.92 Å². The lowest BCUT2D eigenvalue weighted by Gasteiger charge is -2.09. The molecule has 3 rings (SSSR count). The molecule has 4 heteroatoms. The van der Waals surface area contributed by atoms with Gasteiger partial charge in [-0.05, 0) is 60.2 Å². The minimum absolute atomic E-state index is 0.0287. The normalized spacial score (nSPS) is 13.9. The van der Waals surface area contributed by atoms with Crippen LogP contribution in [-0.4, -0.2) is 5.91 Å². The van der Waals surface area contributed by atoms with Crippen molar-refractivity contribution >= 4 is 28.8 Å². The zero-order chi connectivity index (χ0) is 19.9. The fraction of sp³-hybridized carbons (Fsp3) is 0.208. The maximum atomic E-state index is 13.4. The summed E-state index contributed by atoms with van der Waals surface area (Å²) in [6.45, 7) is 1.98. The summed E-state index contributed by atoms with van der Waals surface area (Å²) in [6, 6.07) is 15.8. The number of amides is 1. The van der Waals surface area contributed by atoms with Crippen molar-refractivity contribution in [1.29, 1.82) is 0 Å². The van der Waals surface area contributed by atoms with Gasteiger partial charge >= 0.3 is 0 Å². The molecular weight excluding hydrogens is 373 g/mol. The minimum Gasteiger partial charge on any atom is -0.326 e. The molecule has 2 aromatic rings. The molecule has 28 heavy (non-hydrogen) atoms. The Labute approximate surface area is 170 Å². The average molecular weight is 396 g/mol. The number of carbonyl (C=O) groups is 1. The van der Waals surface area contributed by atoms with Crippen molar-refractivity contribution in [3.05, 3.63) is 94.3 Å². The van der Waals surface area contributed by atoms with E-state index in [2.05, 4.69) is 5.32 Å². The molecule has 0 fully saturated rings. The van der Waals surface area contributed by atoms with Gasteiger partial charge in [0.15, 0.2) is 0 Å². The highest BCUT2D eigenvalue weighted by atomic mass is 35.5. The van der Waals surface area contributed by atoms with Crippen LogP contribution >= 0.6 is 11.6 Å². The number of aryl methyl sites for hydroxylation is 2. The SMILES string of the molecule is Cc1ccccc1NC(=O)CCCc1ccc(C2=C(Cl)CC=C(F)C=C2)cc1. The third-order valence-electron chi connectivity index (χ3n) is 4.73. The molecule has 2 aromatic carbocycles. The maximum absolute atomic E-state index is 13.4. The number of halogens is 2. The fourth-order valence-corrected chi connectivity index (χ4v) is 3.35. The molecule has 0 bridgehead atoms. The molecule has 0 saturated heterocycles. The van der Waals surface area contributed by atoms with Gasteiger partial charge in [-0.1, -0.05) is 60.1 Å². The van der Waals surface area contributed by atoms with Crippen molar-refractivity contribution in [1.82, 2.24) is 0 Å². The molecule has 1 aliphatic rings. The number of carbonyl (C=O) groups excluding carboxylic acids is 1. The lowest BCUT2D eigenvalue weighted by molar-refractivity contribution is -0.116. The highest BCUT2D eigenvalue weighted by molar-refractivity contribution is 6.33. The fourth-order valence-electron chi connectivity index (χ4n) is 3.10. The number of nitrogens with one attached hydrogen (secondary N) is 1. The van der Waals surface area contributed by atoms with Gasteiger partial charge in [-0.2, -0.15) is 0 Å². The summed E-state index contributed by atoms with van der Waals surface area (Å²) in [5, 5.41) is 3.59. The van der Waals surface area contributed by atoms with E-state index in [1.807, 2.05) is 55.5 Å². The Hall–Kier alpha value is -2.65. The lowest BCUT2D eigenvalue weighted by atomic mass is 10.0. The van der Waals surface area contributed by atoms with Crippen LogP contribution < -0.4 is 5.32 Å². The number of anilines is 1. The molecule has 0 unspecified atom stereocenters. The summed E-state index contributed by atoms with van der Waals surface area (Å²) in [6.07, 6.45) is 7.09. The zero-order valence-corrected chi connectivity index (χ0v) is 16.6. The Kier molecular flexibility index (Phi) is 6.83. The van der Waals surface area contributed by atoms with Gasteiger partial charge in [0.2, 0.25) is 5.91 Å². The monoisotopic (exact) mass is 395 g/mol. The summed E-state index contributed by atoms with van der Waals surface area (Å²) >= 11 is 6.30. The third-order valence-corrected chi connectivity index (χ3v) is 5.09. The second-order valence-corrected chi connectivity index (χ2v) is 7.31. The van der Waals surface area contributed by atoms with Gasteiger partial charge in [0.1, 0.15) is 5.83 Å². The van der Waals surface area contributed by atoms with Crippen LogP contribution in [0.1, 0.15) is 36.0 Å². The second-order valence-electron chi connectivity index (χ2n) is 6.86. The molecule has 144 valence electrons. The van der Waals surface area contributed by atoms with E-state index in [1.54, 1.807) is 6.08 Å². The van der Waals surface area contributed by atoms with Crippen LogP contribution in [0.5, 0.6) is 0 Å². The highest BCUT2D eigenvalue weighted by Crippen LogP contribution is 2.29. The predicted octanol–water partition coefficient (Wildman–Crippen LogP) is 6.72. The topological polar surface area (TPSA) is 29.1 Å². The van der Waals surface area contributed by atoms with Crippen LogP contribution in [0.4, 0.5) is 10.1 Å². The number of para-hydroxylation sites is 1. The van der Waals surface area contributed by atoms with E-state index in [0.29, 0.717) is 17.9 Å². The van der Waals surface area contributed by atoms with Crippen LogP contribution in [0.25, 0.3) is 5.57 Å². The molecule has 0 saturated carbocycles. The van der Waals surface area contributed by atoms with E-state index in [4.69, 9.17) is 11.6 Å². The van der Waals surface area contributed by atoms with Crippen LogP contribution in [0.15, 0.2) is 77.6 Å². The summed E-state index contributed by atoms with van der Waals surface area (Å²) in [7, 11) is 0. The first-order valence-corrected chi connectivity index (χ1v) is 9.78. The summed E-state index contributed by atoms with van der Waals surface area (Å²) in [5.74, 6) is -0.241. The van der Waals surface area contributed by atoms with Gasteiger partial charge in [0, 0.05) is 23.6 Å². The van der Waals surface area contributed by atoms with E-state index in [0.717, 1.165) is 40.8 Å². The average Bonchev–Trinajstić information content (AvgIpc) is 2.85. The van der Waals surface area contributed by atoms with Gasteiger partial charge in [-0.25, -0.2) is 4.39 Å². The molecule has 2 nitrogen and oxygen atoms in total. The van der Waals surface area contributed by atoms with Crippen molar-refractivity contribution in [3.63, 3.8) is 0 Å². The number of benzene rings is 2. The van der Waals surface area contributed by atoms with Gasteiger partial charge in [0.05, 0.1) is 0 Å². The van der Waals surface area contributed by atoms with E-state index in [-0.39, 0.29) is 11.7 Å². The molecule has 0 radical (unpaired) electrons. The number of allylic oxidation sites excluding steroid dienone is 6. The Balaban J connectivity index is 1.53. The lowest BCUT2D eigenvalue weighted by Crippen LogP contribution is -2.12. The van der Waals surface area contributed by atoms with Gasteiger partial charge in [-0.3, -0.25) is 4.79 Å². The second kappa shape index (κ2) is 9.52. The number of hydrogen-bond acceptors (Lipinski definition) is 1. The van der Waals surface area contributed by atoms with Crippen molar-refractivity contribution in [2.24, 2.45) is 0 Å². The van der Waals surface area contributed by atoms with Gasteiger partial charge < -0.3 is 5.32 Å². The van der Waals surface area contributed by atoms with E-state index in [9.17, 15) is 9.18 Å². The summed E-state index contributed by atoms with van der Waals surface area (Å²) in [5.41, 5.74) is 4.89. The Morgan fingerprint density at radius 2 is 1.86 bits per heavy atom. The Morgan fingerprint density at radius 3 is 2.61 bits per heavy atom. The van der Waals surface area contributed by atoms with Crippen LogP contribution in [0.2, 0.25) is 0 Å². The maximum Gasteiger partial charge on any atom is 0.224 e. The van der Waals surface area contributed by atoms with Gasteiger partial charge in [-0.15, -0.1) is 0 Å². The molecule has 0 aliphatic heterocycles. The standard InChI is InChI=1S/C24H23ClFNO/c1-17-5-2-3-7-23(17)27-24(28)8-4-6-18-9-11-19(12-10-18)21-15-13-20(26)14-16-22(21)25/h2-3,5,7,9-15H,4,6,8,16H2,1H3,(H,27,28). The Morgan fingerprint density at radius 1 is 1.11 bits per heavy atom. The predicted molar refractivity (Wildman–Crippen MR) is 115 cm³/mol.